The van der Waals surface area contributed by atoms with Gasteiger partial charge in [-0.05, 0) is 38.0 Å². The molecule has 17 heavy (non-hydrogen) atoms. The van der Waals surface area contributed by atoms with E-state index in [0.717, 1.165) is 17.8 Å². The van der Waals surface area contributed by atoms with Crippen LogP contribution < -0.4 is 11.1 Å². The van der Waals surface area contributed by atoms with Crippen LogP contribution in [0.5, 0.6) is 0 Å². The van der Waals surface area contributed by atoms with Crippen LogP contribution in [-0.2, 0) is 0 Å². The Morgan fingerprint density at radius 3 is 2.82 bits per heavy atom. The Morgan fingerprint density at radius 1 is 1.35 bits per heavy atom. The molecule has 90 valence electrons. The van der Waals surface area contributed by atoms with Gasteiger partial charge in [0.15, 0.2) is 0 Å². The van der Waals surface area contributed by atoms with Crippen LogP contribution >= 0.6 is 0 Å². The van der Waals surface area contributed by atoms with E-state index in [0.29, 0.717) is 11.9 Å². The van der Waals surface area contributed by atoms with Gasteiger partial charge in [-0.2, -0.15) is 9.67 Å². The van der Waals surface area contributed by atoms with Gasteiger partial charge in [0.05, 0.1) is 5.69 Å². The first-order valence-corrected chi connectivity index (χ1v) is 5.66. The normalized spacial score (nSPS) is 10.5. The molecule has 0 amide bonds. The van der Waals surface area contributed by atoms with E-state index >= 15 is 0 Å². The van der Waals surface area contributed by atoms with E-state index in [4.69, 9.17) is 5.73 Å². The van der Waals surface area contributed by atoms with E-state index in [1.165, 1.54) is 5.56 Å². The highest BCUT2D eigenvalue weighted by Gasteiger charge is 2.10. The molecule has 2 rings (SSSR count). The maximum Gasteiger partial charge on any atom is 0.244 e. The first-order chi connectivity index (χ1) is 8.11. The second kappa shape index (κ2) is 4.45. The molecule has 0 aliphatic carbocycles. The van der Waals surface area contributed by atoms with Crippen molar-refractivity contribution in [1.29, 1.82) is 0 Å². The summed E-state index contributed by atoms with van der Waals surface area (Å²) in [7, 11) is 0. The minimum Gasteiger partial charge on any atom is -0.368 e. The zero-order chi connectivity index (χ0) is 12.4. The molecule has 0 aliphatic heterocycles. The number of nitrogens with one attached hydrogen (secondary N) is 1. The Balaban J connectivity index is 2.48. The average molecular weight is 231 g/mol. The number of anilines is 2. The quantitative estimate of drug-likeness (QED) is 0.846. The fourth-order valence-electron chi connectivity index (χ4n) is 1.68. The molecule has 0 saturated heterocycles. The summed E-state index contributed by atoms with van der Waals surface area (Å²) in [6.45, 7) is 6.84. The summed E-state index contributed by atoms with van der Waals surface area (Å²) in [6.07, 6.45) is 0. The van der Waals surface area contributed by atoms with E-state index in [1.807, 2.05) is 20.8 Å². The van der Waals surface area contributed by atoms with Crippen molar-refractivity contribution in [3.63, 3.8) is 0 Å². The Hall–Kier alpha value is -2.04. The van der Waals surface area contributed by atoms with Crippen LogP contribution in [-0.4, -0.2) is 21.3 Å². The molecule has 0 atom stereocenters. The average Bonchev–Trinajstić information content (AvgIpc) is 2.64. The molecule has 5 nitrogen and oxygen atoms in total. The molecule has 0 bridgehead atoms. The van der Waals surface area contributed by atoms with Crippen LogP contribution in [0.15, 0.2) is 18.2 Å². The lowest BCUT2D eigenvalue weighted by Crippen LogP contribution is -2.05. The Morgan fingerprint density at radius 2 is 2.12 bits per heavy atom. The predicted octanol–water partition coefficient (Wildman–Crippen LogP) is 1.90. The van der Waals surface area contributed by atoms with Gasteiger partial charge < -0.3 is 11.1 Å². The lowest BCUT2D eigenvalue weighted by molar-refractivity contribution is 0.880. The molecular weight excluding hydrogens is 214 g/mol. The maximum absolute atomic E-state index is 5.87. The Kier molecular flexibility index (Phi) is 2.99. The molecule has 1 aromatic heterocycles. The molecular formula is C12H17N5. The van der Waals surface area contributed by atoms with E-state index < -0.39 is 0 Å². The molecule has 0 fully saturated rings. The zero-order valence-corrected chi connectivity index (χ0v) is 10.4. The highest BCUT2D eigenvalue weighted by Crippen LogP contribution is 2.18. The first-order valence-electron chi connectivity index (χ1n) is 5.66. The van der Waals surface area contributed by atoms with Crippen LogP contribution in [0.3, 0.4) is 0 Å². The molecule has 0 unspecified atom stereocenters. The molecule has 0 spiro atoms. The molecule has 5 heteroatoms. The second-order valence-corrected chi connectivity index (χ2v) is 4.03. The van der Waals surface area contributed by atoms with Crippen LogP contribution in [0.1, 0.15) is 18.1 Å². The smallest absolute Gasteiger partial charge is 0.244 e. The first kappa shape index (κ1) is 11.4. The van der Waals surface area contributed by atoms with Gasteiger partial charge in [0.25, 0.3) is 0 Å². The third-order valence-corrected chi connectivity index (χ3v) is 2.56. The number of nitrogen functional groups attached to an aromatic ring is 1. The summed E-state index contributed by atoms with van der Waals surface area (Å²) in [6, 6.07) is 6.17. The largest absolute Gasteiger partial charge is 0.368 e. The lowest BCUT2D eigenvalue weighted by Gasteiger charge is -2.07. The Bertz CT molecular complexity index is 530. The van der Waals surface area contributed by atoms with Gasteiger partial charge in [-0.1, -0.05) is 12.1 Å². The fourth-order valence-corrected chi connectivity index (χ4v) is 1.68. The number of hydrogen-bond donors (Lipinski definition) is 2. The van der Waals surface area contributed by atoms with Gasteiger partial charge in [-0.3, -0.25) is 0 Å². The zero-order valence-electron chi connectivity index (χ0n) is 10.4. The molecule has 0 radical (unpaired) electrons. The molecule has 2 aromatic rings. The van der Waals surface area contributed by atoms with Crippen molar-refractivity contribution >= 4 is 11.9 Å². The van der Waals surface area contributed by atoms with Crippen LogP contribution in [0.25, 0.3) is 5.69 Å². The van der Waals surface area contributed by atoms with E-state index in [9.17, 15) is 0 Å². The van der Waals surface area contributed by atoms with Crippen molar-refractivity contribution in [1.82, 2.24) is 14.8 Å². The van der Waals surface area contributed by atoms with Gasteiger partial charge in [-0.25, -0.2) is 0 Å². The summed E-state index contributed by atoms with van der Waals surface area (Å²) in [4.78, 5) is 4.17. The number of aryl methyl sites for hydroxylation is 2. The summed E-state index contributed by atoms with van der Waals surface area (Å²) in [5.41, 5.74) is 9.14. The van der Waals surface area contributed by atoms with Gasteiger partial charge in [-0.15, -0.1) is 5.10 Å². The topological polar surface area (TPSA) is 68.8 Å². The van der Waals surface area contributed by atoms with Crippen molar-refractivity contribution in [2.45, 2.75) is 20.8 Å². The lowest BCUT2D eigenvalue weighted by atomic mass is 10.1. The van der Waals surface area contributed by atoms with Crippen molar-refractivity contribution in [3.05, 3.63) is 29.3 Å². The number of benzene rings is 1. The second-order valence-electron chi connectivity index (χ2n) is 4.03. The van der Waals surface area contributed by atoms with E-state index in [-0.39, 0.29) is 0 Å². The number of aromatic nitrogens is 3. The minimum absolute atomic E-state index is 0.398. The maximum atomic E-state index is 5.87. The van der Waals surface area contributed by atoms with Crippen LogP contribution in [0.2, 0.25) is 0 Å². The van der Waals surface area contributed by atoms with Crippen LogP contribution in [0.4, 0.5) is 11.9 Å². The standard InChI is InChI=1S/C12H17N5/c1-4-14-12-15-11(13)17(16-12)10-7-8(2)5-6-9(10)3/h5-7H,4H2,1-3H3,(H3,13,14,15,16). The molecule has 0 saturated carbocycles. The van der Waals surface area contributed by atoms with Crippen LogP contribution in [0, 0.1) is 13.8 Å². The summed E-state index contributed by atoms with van der Waals surface area (Å²) in [5.74, 6) is 0.959. The summed E-state index contributed by atoms with van der Waals surface area (Å²) in [5, 5.41) is 7.39. The highest BCUT2D eigenvalue weighted by molar-refractivity contribution is 5.48. The third-order valence-electron chi connectivity index (χ3n) is 2.56. The molecule has 0 aliphatic rings. The monoisotopic (exact) mass is 231 g/mol. The number of rotatable bonds is 3. The molecule has 1 heterocycles. The van der Waals surface area contributed by atoms with Gasteiger partial charge in [0, 0.05) is 6.54 Å². The van der Waals surface area contributed by atoms with Gasteiger partial charge in [0.1, 0.15) is 0 Å². The molecule has 3 N–H and O–H groups in total. The van der Waals surface area contributed by atoms with E-state index in [2.05, 4.69) is 33.6 Å². The summed E-state index contributed by atoms with van der Waals surface area (Å²) >= 11 is 0. The Labute approximate surface area is 101 Å². The predicted molar refractivity (Wildman–Crippen MR) is 69.4 cm³/mol. The van der Waals surface area contributed by atoms with Gasteiger partial charge >= 0.3 is 0 Å². The van der Waals surface area contributed by atoms with Gasteiger partial charge in [0.2, 0.25) is 11.9 Å². The van der Waals surface area contributed by atoms with Crippen molar-refractivity contribution in [2.75, 3.05) is 17.6 Å². The van der Waals surface area contributed by atoms with Crippen molar-refractivity contribution < 1.29 is 0 Å². The SMILES string of the molecule is CCNc1nc(N)n(-c2cc(C)ccc2C)n1. The molecule has 1 aromatic carbocycles. The summed E-state index contributed by atoms with van der Waals surface area (Å²) < 4.78 is 1.67. The number of hydrogen-bond acceptors (Lipinski definition) is 4. The van der Waals surface area contributed by atoms with Crippen molar-refractivity contribution in [2.24, 2.45) is 0 Å². The fraction of sp³-hybridized carbons (Fsp3) is 0.333. The van der Waals surface area contributed by atoms with Crippen molar-refractivity contribution in [3.8, 4) is 5.69 Å². The highest BCUT2D eigenvalue weighted by atomic mass is 15.4. The number of nitrogens with two attached hydrogens (primary N) is 1. The number of nitrogens with zero attached hydrogens (tertiary/aromatic N) is 3. The van der Waals surface area contributed by atoms with E-state index in [1.54, 1.807) is 4.68 Å². The minimum atomic E-state index is 0.398. The third kappa shape index (κ3) is 2.22.